The Labute approximate surface area is 338 Å². The van der Waals surface area contributed by atoms with Crippen LogP contribution in [0.5, 0.6) is 0 Å². The minimum absolute atomic E-state index is 0.0540. The molecule has 0 aliphatic carbocycles. The lowest BCUT2D eigenvalue weighted by Crippen LogP contribution is -2.29. The summed E-state index contributed by atoms with van der Waals surface area (Å²) in [7, 11) is -4.38. The minimum Gasteiger partial charge on any atom is -0.462 e. The Balaban J connectivity index is 4.11. The SMILES string of the molecule is CCCCCC=CCC=CCCCCCCCCCC(=O)OCC(COP(=O)(O)OCCN)OC(=O)CCCCCCCCCCCCCCCCCCC. The predicted molar refractivity (Wildman–Crippen MR) is 229 cm³/mol. The first-order valence-corrected chi connectivity index (χ1v) is 24.3. The highest BCUT2D eigenvalue weighted by Gasteiger charge is 2.26. The highest BCUT2D eigenvalue weighted by molar-refractivity contribution is 7.47. The van der Waals surface area contributed by atoms with Crippen LogP contribution in [-0.4, -0.2) is 49.3 Å². The second-order valence-corrected chi connectivity index (χ2v) is 16.7. The molecular weight excluding hydrogens is 713 g/mol. The van der Waals surface area contributed by atoms with Crippen molar-refractivity contribution in [3.63, 3.8) is 0 Å². The molecule has 0 aliphatic rings. The van der Waals surface area contributed by atoms with Crippen LogP contribution in [0, 0.1) is 0 Å². The van der Waals surface area contributed by atoms with Crippen LogP contribution in [0.3, 0.4) is 0 Å². The highest BCUT2D eigenvalue weighted by atomic mass is 31.2. The lowest BCUT2D eigenvalue weighted by atomic mass is 10.0. The van der Waals surface area contributed by atoms with Crippen molar-refractivity contribution in [2.24, 2.45) is 5.73 Å². The smallest absolute Gasteiger partial charge is 0.462 e. The first-order chi connectivity index (χ1) is 26.8. The van der Waals surface area contributed by atoms with Crippen molar-refractivity contribution in [3.05, 3.63) is 24.3 Å². The molecule has 0 aromatic carbocycles. The van der Waals surface area contributed by atoms with Crippen molar-refractivity contribution in [1.29, 1.82) is 0 Å². The maximum absolute atomic E-state index is 12.6. The molecule has 10 heteroatoms. The lowest BCUT2D eigenvalue weighted by Gasteiger charge is -2.19. The van der Waals surface area contributed by atoms with Gasteiger partial charge in [-0.3, -0.25) is 18.6 Å². The van der Waals surface area contributed by atoms with Gasteiger partial charge in [-0.15, -0.1) is 0 Å². The summed E-state index contributed by atoms with van der Waals surface area (Å²) in [6.07, 6.45) is 44.9. The van der Waals surface area contributed by atoms with Gasteiger partial charge in [0.05, 0.1) is 13.2 Å². The fraction of sp³-hybridized carbons (Fsp3) is 0.867. The molecule has 0 aromatic rings. The number of carbonyl (C=O) groups is 2. The molecule has 0 heterocycles. The fourth-order valence-electron chi connectivity index (χ4n) is 6.43. The molecule has 2 atom stereocenters. The monoisotopic (exact) mass is 800 g/mol. The second-order valence-electron chi connectivity index (χ2n) is 15.3. The molecule has 55 heavy (non-hydrogen) atoms. The molecule has 0 radical (unpaired) electrons. The van der Waals surface area contributed by atoms with E-state index in [1.54, 1.807) is 0 Å². The number of allylic oxidation sites excluding steroid dienone is 4. The number of phosphoric ester groups is 1. The Kier molecular flexibility index (Phi) is 40.9. The summed E-state index contributed by atoms with van der Waals surface area (Å²) >= 11 is 0. The number of hydrogen-bond acceptors (Lipinski definition) is 8. The van der Waals surface area contributed by atoms with E-state index in [1.807, 2.05) is 0 Å². The molecule has 0 saturated heterocycles. The summed E-state index contributed by atoms with van der Waals surface area (Å²) < 4.78 is 32.8. The van der Waals surface area contributed by atoms with Crippen molar-refractivity contribution in [2.75, 3.05) is 26.4 Å². The first-order valence-electron chi connectivity index (χ1n) is 22.8. The van der Waals surface area contributed by atoms with E-state index in [4.69, 9.17) is 24.3 Å². The third-order valence-electron chi connectivity index (χ3n) is 9.84. The lowest BCUT2D eigenvalue weighted by molar-refractivity contribution is -0.161. The van der Waals surface area contributed by atoms with Crippen LogP contribution in [0.4, 0.5) is 0 Å². The molecule has 0 aliphatic heterocycles. The van der Waals surface area contributed by atoms with Crippen LogP contribution in [0.1, 0.15) is 219 Å². The number of esters is 2. The highest BCUT2D eigenvalue weighted by Crippen LogP contribution is 2.43. The Morgan fingerprint density at radius 1 is 0.545 bits per heavy atom. The van der Waals surface area contributed by atoms with Crippen LogP contribution in [0.15, 0.2) is 24.3 Å². The van der Waals surface area contributed by atoms with Gasteiger partial charge in [0, 0.05) is 19.4 Å². The van der Waals surface area contributed by atoms with E-state index in [0.717, 1.165) is 51.4 Å². The number of rotatable bonds is 43. The van der Waals surface area contributed by atoms with Crippen LogP contribution in [0.2, 0.25) is 0 Å². The zero-order chi connectivity index (χ0) is 40.3. The van der Waals surface area contributed by atoms with Crippen molar-refractivity contribution < 1.29 is 37.6 Å². The van der Waals surface area contributed by atoms with E-state index < -0.39 is 26.5 Å². The van der Waals surface area contributed by atoms with Gasteiger partial charge in [0.1, 0.15) is 6.61 Å². The number of ether oxygens (including phenoxy) is 2. The average molecular weight is 800 g/mol. The van der Waals surface area contributed by atoms with E-state index in [9.17, 15) is 19.0 Å². The van der Waals surface area contributed by atoms with E-state index in [1.165, 1.54) is 135 Å². The predicted octanol–water partition coefficient (Wildman–Crippen LogP) is 13.2. The van der Waals surface area contributed by atoms with Gasteiger partial charge in [0.15, 0.2) is 6.10 Å². The molecule has 0 rings (SSSR count). The normalized spacial score (nSPS) is 13.5. The van der Waals surface area contributed by atoms with E-state index in [-0.39, 0.29) is 38.6 Å². The Morgan fingerprint density at radius 3 is 1.42 bits per heavy atom. The summed E-state index contributed by atoms with van der Waals surface area (Å²) in [5.41, 5.74) is 5.35. The van der Waals surface area contributed by atoms with Crippen molar-refractivity contribution in [3.8, 4) is 0 Å². The number of unbranched alkanes of at least 4 members (excludes halogenated alkanes) is 26. The summed E-state index contributed by atoms with van der Waals surface area (Å²) in [4.78, 5) is 34.9. The van der Waals surface area contributed by atoms with Gasteiger partial charge in [-0.2, -0.15) is 0 Å². The molecule has 3 N–H and O–H groups in total. The van der Waals surface area contributed by atoms with Gasteiger partial charge in [0.25, 0.3) is 0 Å². The van der Waals surface area contributed by atoms with Gasteiger partial charge in [-0.1, -0.05) is 186 Å². The first kappa shape index (κ1) is 53.5. The standard InChI is InChI=1S/C45H86NO8P/c1-3-5-7-9-11-13-15-17-19-21-23-25-27-29-31-33-35-37-44(47)51-41-43(42-53-55(49,50)52-40-39-46)54-45(48)38-36-34-32-30-28-26-24-22-20-18-16-14-12-10-8-6-4-2/h11,13,17,19,43H,3-10,12,14-16,18,20-42,46H2,1-2H3,(H,49,50). The van der Waals surface area contributed by atoms with E-state index >= 15 is 0 Å². The van der Waals surface area contributed by atoms with Crippen molar-refractivity contribution in [1.82, 2.24) is 0 Å². The average Bonchev–Trinajstić information content (AvgIpc) is 3.17. The third-order valence-corrected chi connectivity index (χ3v) is 10.8. The number of phosphoric acid groups is 1. The van der Waals surface area contributed by atoms with Crippen LogP contribution < -0.4 is 5.73 Å². The fourth-order valence-corrected chi connectivity index (χ4v) is 7.20. The molecule has 9 nitrogen and oxygen atoms in total. The number of carbonyl (C=O) groups excluding carboxylic acids is 2. The van der Waals surface area contributed by atoms with Gasteiger partial charge >= 0.3 is 19.8 Å². The Morgan fingerprint density at radius 2 is 0.945 bits per heavy atom. The van der Waals surface area contributed by atoms with Crippen LogP contribution in [-0.2, 0) is 32.7 Å². The molecule has 324 valence electrons. The summed E-state index contributed by atoms with van der Waals surface area (Å²) in [5, 5.41) is 0. The van der Waals surface area contributed by atoms with Crippen molar-refractivity contribution in [2.45, 2.75) is 225 Å². The zero-order valence-corrected chi connectivity index (χ0v) is 36.6. The van der Waals surface area contributed by atoms with E-state index in [2.05, 4.69) is 38.2 Å². The van der Waals surface area contributed by atoms with Crippen molar-refractivity contribution >= 4 is 19.8 Å². The zero-order valence-electron chi connectivity index (χ0n) is 35.7. The molecular formula is C45H86NO8P. The molecule has 2 unspecified atom stereocenters. The largest absolute Gasteiger partial charge is 0.472 e. The van der Waals surface area contributed by atoms with Crippen LogP contribution in [0.25, 0.3) is 0 Å². The maximum atomic E-state index is 12.6. The summed E-state index contributed by atoms with van der Waals surface area (Å²) in [6, 6.07) is 0. The quantitative estimate of drug-likeness (QED) is 0.0267. The molecule has 0 spiro atoms. The number of nitrogens with two attached hydrogens (primary N) is 1. The third kappa shape index (κ3) is 41.9. The van der Waals surface area contributed by atoms with Gasteiger partial charge in [-0.05, 0) is 44.9 Å². The Bertz CT molecular complexity index is 959. The Hall–Kier alpha value is -1.51. The molecule has 0 fully saturated rings. The molecule has 0 amide bonds. The van der Waals surface area contributed by atoms with Crippen LogP contribution >= 0.6 is 7.82 Å². The number of hydrogen-bond donors (Lipinski definition) is 2. The molecule has 0 aromatic heterocycles. The minimum atomic E-state index is -4.38. The molecule has 0 saturated carbocycles. The summed E-state index contributed by atoms with van der Waals surface area (Å²) in [6.45, 7) is 3.73. The summed E-state index contributed by atoms with van der Waals surface area (Å²) in [5.74, 6) is -0.828. The molecule has 0 bridgehead atoms. The van der Waals surface area contributed by atoms with Gasteiger partial charge in [0.2, 0.25) is 0 Å². The van der Waals surface area contributed by atoms with Gasteiger partial charge < -0.3 is 20.1 Å². The topological polar surface area (TPSA) is 134 Å². The van der Waals surface area contributed by atoms with Gasteiger partial charge in [-0.25, -0.2) is 4.57 Å². The maximum Gasteiger partial charge on any atom is 0.472 e. The second kappa shape index (κ2) is 42.1. The van der Waals surface area contributed by atoms with E-state index in [0.29, 0.717) is 6.42 Å².